The van der Waals surface area contributed by atoms with Gasteiger partial charge in [0.1, 0.15) is 11.6 Å². The molecule has 0 bridgehead atoms. The van der Waals surface area contributed by atoms with Gasteiger partial charge in [-0.2, -0.15) is 0 Å². The van der Waals surface area contributed by atoms with Crippen molar-refractivity contribution in [3.8, 4) is 17.2 Å². The van der Waals surface area contributed by atoms with E-state index in [0.29, 0.717) is 17.2 Å². The monoisotopic (exact) mass is 326 g/mol. The van der Waals surface area contributed by atoms with E-state index in [9.17, 15) is 9.18 Å². The molecule has 2 aromatic heterocycles. The van der Waals surface area contributed by atoms with Gasteiger partial charge >= 0.3 is 0 Å². The van der Waals surface area contributed by atoms with Gasteiger partial charge in [0.2, 0.25) is 5.88 Å². The molecule has 3 aromatic rings. The predicted octanol–water partition coefficient (Wildman–Crippen LogP) is 3.42. The van der Waals surface area contributed by atoms with Crippen LogP contribution in [0.1, 0.15) is 16.1 Å². The molecule has 24 heavy (non-hydrogen) atoms. The molecule has 2 heterocycles. The quantitative estimate of drug-likeness (QED) is 0.780. The molecule has 0 unspecified atom stereocenters. The molecule has 0 saturated carbocycles. The number of amides is 1. The van der Waals surface area contributed by atoms with Crippen LogP contribution in [-0.2, 0) is 6.54 Å². The third kappa shape index (κ3) is 3.43. The zero-order valence-electron chi connectivity index (χ0n) is 13.0. The normalized spacial score (nSPS) is 10.4. The van der Waals surface area contributed by atoms with Gasteiger partial charge in [-0.3, -0.25) is 4.79 Å². The maximum absolute atomic E-state index is 12.9. The van der Waals surface area contributed by atoms with E-state index in [1.165, 1.54) is 19.2 Å². The van der Waals surface area contributed by atoms with Gasteiger partial charge < -0.3 is 14.5 Å². The first-order chi connectivity index (χ1) is 11.7. The number of hydrogen-bond donors (Lipinski definition) is 1. The molecule has 0 atom stereocenters. The number of furan rings is 1. The Kier molecular flexibility index (Phi) is 4.56. The van der Waals surface area contributed by atoms with Crippen LogP contribution in [0, 0.1) is 5.82 Å². The van der Waals surface area contributed by atoms with Crippen molar-refractivity contribution in [1.29, 1.82) is 0 Å². The van der Waals surface area contributed by atoms with Gasteiger partial charge in [-0.1, -0.05) is 6.07 Å². The molecule has 1 aromatic carbocycles. The number of carbonyl (C=O) groups is 1. The Morgan fingerprint density at radius 2 is 2.00 bits per heavy atom. The van der Waals surface area contributed by atoms with Gasteiger partial charge in [-0.15, -0.1) is 0 Å². The minimum Gasteiger partial charge on any atom is -0.481 e. The summed E-state index contributed by atoms with van der Waals surface area (Å²) in [6.45, 7) is 0.266. The zero-order valence-corrected chi connectivity index (χ0v) is 13.0. The molecule has 6 heteroatoms. The largest absolute Gasteiger partial charge is 0.481 e. The second-order valence-corrected chi connectivity index (χ2v) is 5.03. The lowest BCUT2D eigenvalue weighted by atomic mass is 10.2. The van der Waals surface area contributed by atoms with Crippen LogP contribution in [0.15, 0.2) is 59.1 Å². The van der Waals surface area contributed by atoms with Gasteiger partial charge in [0, 0.05) is 23.9 Å². The molecule has 5 nitrogen and oxygen atoms in total. The van der Waals surface area contributed by atoms with Gasteiger partial charge in [0.25, 0.3) is 5.91 Å². The van der Waals surface area contributed by atoms with Crippen molar-refractivity contribution in [2.24, 2.45) is 0 Å². The number of ether oxygens (including phenoxy) is 1. The molecule has 3 rings (SSSR count). The highest BCUT2D eigenvalue weighted by atomic mass is 19.1. The molecule has 1 amide bonds. The number of pyridine rings is 1. The van der Waals surface area contributed by atoms with Gasteiger partial charge in [-0.05, 0) is 42.5 Å². The summed E-state index contributed by atoms with van der Waals surface area (Å²) in [6, 6.07) is 12.7. The highest BCUT2D eigenvalue weighted by Crippen LogP contribution is 2.22. The van der Waals surface area contributed by atoms with Crippen molar-refractivity contribution < 1.29 is 18.3 Å². The summed E-state index contributed by atoms with van der Waals surface area (Å²) in [4.78, 5) is 16.3. The van der Waals surface area contributed by atoms with Crippen LogP contribution >= 0.6 is 0 Å². The van der Waals surface area contributed by atoms with Crippen molar-refractivity contribution in [2.75, 3.05) is 7.11 Å². The number of halogens is 1. The lowest BCUT2D eigenvalue weighted by Gasteiger charge is -2.07. The van der Waals surface area contributed by atoms with Crippen LogP contribution in [0.3, 0.4) is 0 Å². The van der Waals surface area contributed by atoms with Crippen LogP contribution in [0.25, 0.3) is 11.3 Å². The van der Waals surface area contributed by atoms with Crippen LogP contribution < -0.4 is 10.1 Å². The summed E-state index contributed by atoms with van der Waals surface area (Å²) in [5.74, 6) is 0.462. The molecule has 0 aliphatic carbocycles. The van der Waals surface area contributed by atoms with E-state index in [-0.39, 0.29) is 24.0 Å². The Labute approximate surface area is 138 Å². The van der Waals surface area contributed by atoms with Crippen molar-refractivity contribution in [1.82, 2.24) is 10.3 Å². The SMILES string of the molecule is COc1ncccc1CNC(=O)c1ccc(-c2ccc(F)cc2)o1. The van der Waals surface area contributed by atoms with Crippen molar-refractivity contribution in [2.45, 2.75) is 6.54 Å². The summed E-state index contributed by atoms with van der Waals surface area (Å²) in [7, 11) is 1.52. The van der Waals surface area contributed by atoms with E-state index in [1.807, 2.05) is 6.07 Å². The minimum atomic E-state index is -0.353. The van der Waals surface area contributed by atoms with Crippen LogP contribution in [0.4, 0.5) is 4.39 Å². The minimum absolute atomic E-state index is 0.178. The maximum Gasteiger partial charge on any atom is 0.287 e. The fourth-order valence-corrected chi connectivity index (χ4v) is 2.23. The number of methoxy groups -OCH3 is 1. The fraction of sp³-hybridized carbons (Fsp3) is 0.111. The summed E-state index contributed by atoms with van der Waals surface area (Å²) in [5, 5.41) is 2.75. The Morgan fingerprint density at radius 3 is 2.75 bits per heavy atom. The van der Waals surface area contributed by atoms with Gasteiger partial charge in [0.15, 0.2) is 5.76 Å². The summed E-state index contributed by atoms with van der Waals surface area (Å²) in [5.41, 5.74) is 1.46. The molecule has 0 fully saturated rings. The lowest BCUT2D eigenvalue weighted by molar-refractivity contribution is 0.0923. The first kappa shape index (κ1) is 15.7. The Bertz CT molecular complexity index is 843. The summed E-state index contributed by atoms with van der Waals surface area (Å²) in [6.07, 6.45) is 1.62. The topological polar surface area (TPSA) is 64.4 Å². The number of nitrogens with one attached hydrogen (secondary N) is 1. The number of hydrogen-bond acceptors (Lipinski definition) is 4. The Hall–Kier alpha value is -3.15. The predicted molar refractivity (Wildman–Crippen MR) is 86.1 cm³/mol. The lowest BCUT2D eigenvalue weighted by Crippen LogP contribution is -2.22. The molecular formula is C18H15FN2O3. The number of nitrogens with zero attached hydrogens (tertiary/aromatic N) is 1. The molecule has 1 N–H and O–H groups in total. The van der Waals surface area contributed by atoms with E-state index in [2.05, 4.69) is 10.3 Å². The average Bonchev–Trinajstić information content (AvgIpc) is 3.10. The Morgan fingerprint density at radius 1 is 1.21 bits per heavy atom. The van der Waals surface area contributed by atoms with Crippen molar-refractivity contribution in [3.05, 3.63) is 71.9 Å². The van der Waals surface area contributed by atoms with E-state index < -0.39 is 0 Å². The fourth-order valence-electron chi connectivity index (χ4n) is 2.23. The smallest absolute Gasteiger partial charge is 0.287 e. The highest BCUT2D eigenvalue weighted by Gasteiger charge is 2.13. The number of benzene rings is 1. The second-order valence-electron chi connectivity index (χ2n) is 5.03. The van der Waals surface area contributed by atoms with E-state index in [4.69, 9.17) is 9.15 Å². The maximum atomic E-state index is 12.9. The standard InChI is InChI=1S/C18H15FN2O3/c1-23-18-13(3-2-10-20-18)11-21-17(22)16-9-8-15(24-16)12-4-6-14(19)7-5-12/h2-10H,11H2,1H3,(H,21,22). The van der Waals surface area contributed by atoms with Crippen LogP contribution in [-0.4, -0.2) is 18.0 Å². The average molecular weight is 326 g/mol. The number of aromatic nitrogens is 1. The summed E-state index contributed by atoms with van der Waals surface area (Å²) >= 11 is 0. The zero-order chi connectivity index (χ0) is 16.9. The van der Waals surface area contributed by atoms with E-state index in [1.54, 1.807) is 36.5 Å². The number of carbonyl (C=O) groups excluding carboxylic acids is 1. The molecular weight excluding hydrogens is 311 g/mol. The van der Waals surface area contributed by atoms with Crippen molar-refractivity contribution in [3.63, 3.8) is 0 Å². The van der Waals surface area contributed by atoms with Crippen molar-refractivity contribution >= 4 is 5.91 Å². The van der Waals surface area contributed by atoms with Crippen LogP contribution in [0.2, 0.25) is 0 Å². The molecule has 0 aliphatic rings. The first-order valence-corrected chi connectivity index (χ1v) is 7.29. The first-order valence-electron chi connectivity index (χ1n) is 7.29. The summed E-state index contributed by atoms with van der Waals surface area (Å²) < 4.78 is 23.6. The van der Waals surface area contributed by atoms with Crippen LogP contribution in [0.5, 0.6) is 5.88 Å². The molecule has 122 valence electrons. The Balaban J connectivity index is 1.69. The molecule has 0 saturated heterocycles. The molecule has 0 aliphatic heterocycles. The van der Waals surface area contributed by atoms with Gasteiger partial charge in [-0.25, -0.2) is 9.37 Å². The third-order valence-electron chi connectivity index (χ3n) is 3.44. The molecule has 0 radical (unpaired) electrons. The van der Waals surface area contributed by atoms with E-state index in [0.717, 1.165) is 5.56 Å². The van der Waals surface area contributed by atoms with Gasteiger partial charge in [0.05, 0.1) is 7.11 Å². The highest BCUT2D eigenvalue weighted by molar-refractivity contribution is 5.92. The van der Waals surface area contributed by atoms with E-state index >= 15 is 0 Å². The third-order valence-corrected chi connectivity index (χ3v) is 3.44. The number of rotatable bonds is 5. The second kappa shape index (κ2) is 6.95. The molecule has 0 spiro atoms.